The summed E-state index contributed by atoms with van der Waals surface area (Å²) in [6.45, 7) is 13.8. The zero-order chi connectivity index (χ0) is 14.0. The Kier molecular flexibility index (Phi) is 5.04. The summed E-state index contributed by atoms with van der Waals surface area (Å²) in [5.41, 5.74) is 1.56. The van der Waals surface area contributed by atoms with E-state index in [1.54, 1.807) is 10.4 Å². The van der Waals surface area contributed by atoms with Crippen molar-refractivity contribution in [2.45, 2.75) is 59.2 Å². The number of rotatable bonds is 5. The molecule has 0 saturated heterocycles. The van der Waals surface area contributed by atoms with Crippen molar-refractivity contribution in [3.05, 3.63) is 21.9 Å². The summed E-state index contributed by atoms with van der Waals surface area (Å²) >= 11 is 1.93. The van der Waals surface area contributed by atoms with Crippen LogP contribution >= 0.6 is 11.3 Å². The van der Waals surface area contributed by atoms with Gasteiger partial charge in [0.15, 0.2) is 0 Å². The molecule has 108 valence electrons. The first-order chi connectivity index (χ1) is 9.00. The Morgan fingerprint density at radius 1 is 1.37 bits per heavy atom. The lowest BCUT2D eigenvalue weighted by molar-refractivity contribution is 0.0991. The molecule has 0 saturated carbocycles. The third-order valence-corrected chi connectivity index (χ3v) is 5.25. The van der Waals surface area contributed by atoms with Crippen molar-refractivity contribution >= 4 is 11.3 Å². The number of fused-ring (bicyclic) bond motifs is 1. The fraction of sp³-hybridized carbons (Fsp3) is 0.750. The first kappa shape index (κ1) is 15.0. The van der Waals surface area contributed by atoms with Gasteiger partial charge in [-0.25, -0.2) is 0 Å². The number of hydrogen-bond acceptors (Lipinski definition) is 3. The fourth-order valence-electron chi connectivity index (χ4n) is 3.07. The van der Waals surface area contributed by atoms with E-state index in [1.165, 1.54) is 13.0 Å². The number of hydrogen-bond donors (Lipinski definition) is 1. The van der Waals surface area contributed by atoms with Crippen molar-refractivity contribution in [2.75, 3.05) is 13.1 Å². The van der Waals surface area contributed by atoms with Crippen LogP contribution in [0.4, 0.5) is 0 Å². The Morgan fingerprint density at radius 2 is 2.11 bits per heavy atom. The second kappa shape index (κ2) is 6.38. The predicted molar refractivity (Wildman–Crippen MR) is 84.9 cm³/mol. The molecule has 0 radical (unpaired) electrons. The summed E-state index contributed by atoms with van der Waals surface area (Å²) < 4.78 is 0. The van der Waals surface area contributed by atoms with Crippen LogP contribution in [0.5, 0.6) is 0 Å². The van der Waals surface area contributed by atoms with Crippen molar-refractivity contribution in [3.63, 3.8) is 0 Å². The molecule has 2 unspecified atom stereocenters. The topological polar surface area (TPSA) is 15.3 Å². The minimum Gasteiger partial charge on any atom is -0.313 e. The molecule has 3 heteroatoms. The molecule has 1 aliphatic rings. The van der Waals surface area contributed by atoms with Gasteiger partial charge < -0.3 is 5.32 Å². The van der Waals surface area contributed by atoms with E-state index in [4.69, 9.17) is 0 Å². The van der Waals surface area contributed by atoms with Gasteiger partial charge in [-0.1, -0.05) is 27.7 Å². The van der Waals surface area contributed by atoms with Gasteiger partial charge in [-0.3, -0.25) is 4.90 Å². The minimum atomic E-state index is 0.566. The van der Waals surface area contributed by atoms with Crippen molar-refractivity contribution in [3.8, 4) is 0 Å². The molecule has 19 heavy (non-hydrogen) atoms. The van der Waals surface area contributed by atoms with Crippen molar-refractivity contribution in [1.29, 1.82) is 0 Å². The van der Waals surface area contributed by atoms with Gasteiger partial charge in [-0.15, -0.1) is 11.3 Å². The quantitative estimate of drug-likeness (QED) is 0.885. The molecule has 0 amide bonds. The van der Waals surface area contributed by atoms with Crippen molar-refractivity contribution in [1.82, 2.24) is 10.2 Å². The highest BCUT2D eigenvalue weighted by atomic mass is 32.1. The summed E-state index contributed by atoms with van der Waals surface area (Å²) in [4.78, 5) is 4.30. The van der Waals surface area contributed by atoms with Crippen LogP contribution < -0.4 is 5.32 Å². The molecule has 2 heterocycles. The fourth-order valence-corrected chi connectivity index (χ4v) is 4.04. The van der Waals surface area contributed by atoms with E-state index in [2.05, 4.69) is 56.3 Å². The molecular formula is C16H28N2S. The van der Waals surface area contributed by atoms with Crippen LogP contribution in [0.3, 0.4) is 0 Å². The lowest BCUT2D eigenvalue weighted by atomic mass is 9.94. The van der Waals surface area contributed by atoms with Gasteiger partial charge in [0.25, 0.3) is 0 Å². The molecule has 1 aromatic rings. The molecule has 1 aliphatic heterocycles. The average molecular weight is 280 g/mol. The normalized spacial score (nSPS) is 21.9. The number of thiophene rings is 1. The van der Waals surface area contributed by atoms with Crippen LogP contribution in [0.25, 0.3) is 0 Å². The standard InChI is InChI=1S/C16H28N2S/c1-11(2)15(10-17-12(3)4)18-8-6-16-14(13(18)5)7-9-19-16/h7,9,11-13,15,17H,6,8,10H2,1-5H3. The molecule has 1 aromatic heterocycles. The van der Waals surface area contributed by atoms with Crippen molar-refractivity contribution < 1.29 is 0 Å². The van der Waals surface area contributed by atoms with Crippen LogP contribution in [0, 0.1) is 5.92 Å². The highest BCUT2D eigenvalue weighted by Crippen LogP contribution is 2.35. The average Bonchev–Trinajstić information content (AvgIpc) is 2.80. The number of nitrogens with zero attached hydrogens (tertiary/aromatic N) is 1. The lowest BCUT2D eigenvalue weighted by Crippen LogP contribution is -2.50. The molecular weight excluding hydrogens is 252 g/mol. The summed E-state index contributed by atoms with van der Waals surface area (Å²) in [5.74, 6) is 0.689. The maximum atomic E-state index is 3.62. The molecule has 0 aromatic carbocycles. The van der Waals surface area contributed by atoms with Crippen LogP contribution in [-0.2, 0) is 6.42 Å². The lowest BCUT2D eigenvalue weighted by Gasteiger charge is -2.42. The van der Waals surface area contributed by atoms with Crippen LogP contribution in [-0.4, -0.2) is 30.1 Å². The van der Waals surface area contributed by atoms with E-state index >= 15 is 0 Å². The minimum absolute atomic E-state index is 0.566. The second-order valence-electron chi connectivity index (χ2n) is 6.34. The van der Waals surface area contributed by atoms with Gasteiger partial charge in [0.1, 0.15) is 0 Å². The smallest absolute Gasteiger partial charge is 0.0334 e. The summed E-state index contributed by atoms with van der Waals surface area (Å²) in [6.07, 6.45) is 1.22. The van der Waals surface area contributed by atoms with E-state index in [9.17, 15) is 0 Å². The Balaban J connectivity index is 2.10. The van der Waals surface area contributed by atoms with Gasteiger partial charge in [0.2, 0.25) is 0 Å². The van der Waals surface area contributed by atoms with Crippen LogP contribution in [0.15, 0.2) is 11.4 Å². The van der Waals surface area contributed by atoms with Gasteiger partial charge in [-0.05, 0) is 36.3 Å². The Labute approximate surface area is 122 Å². The third-order valence-electron chi connectivity index (χ3n) is 4.26. The highest BCUT2D eigenvalue weighted by molar-refractivity contribution is 7.10. The first-order valence-electron chi connectivity index (χ1n) is 7.56. The van der Waals surface area contributed by atoms with E-state index in [0.29, 0.717) is 24.0 Å². The molecule has 2 atom stereocenters. The Morgan fingerprint density at radius 3 is 2.74 bits per heavy atom. The first-order valence-corrected chi connectivity index (χ1v) is 8.44. The zero-order valence-electron chi connectivity index (χ0n) is 12.9. The Bertz CT molecular complexity index is 397. The molecule has 2 nitrogen and oxygen atoms in total. The van der Waals surface area contributed by atoms with E-state index < -0.39 is 0 Å². The summed E-state index contributed by atoms with van der Waals surface area (Å²) in [7, 11) is 0. The van der Waals surface area contributed by atoms with E-state index in [0.717, 1.165) is 6.54 Å². The zero-order valence-corrected chi connectivity index (χ0v) is 13.8. The molecule has 0 fully saturated rings. The third kappa shape index (κ3) is 3.39. The van der Waals surface area contributed by atoms with E-state index in [1.807, 2.05) is 11.3 Å². The monoisotopic (exact) mass is 280 g/mol. The molecule has 0 bridgehead atoms. The largest absolute Gasteiger partial charge is 0.313 e. The van der Waals surface area contributed by atoms with Gasteiger partial charge in [-0.2, -0.15) is 0 Å². The maximum absolute atomic E-state index is 3.62. The van der Waals surface area contributed by atoms with E-state index in [-0.39, 0.29) is 0 Å². The summed E-state index contributed by atoms with van der Waals surface area (Å²) in [5, 5.41) is 5.87. The Hall–Kier alpha value is -0.380. The van der Waals surface area contributed by atoms with Gasteiger partial charge in [0.05, 0.1) is 0 Å². The van der Waals surface area contributed by atoms with Gasteiger partial charge in [0, 0.05) is 36.1 Å². The summed E-state index contributed by atoms with van der Waals surface area (Å²) in [6, 6.07) is 4.09. The molecule has 0 aliphatic carbocycles. The SMILES string of the molecule is CC(C)NCC(C(C)C)N1CCc2sccc2C1C. The second-order valence-corrected chi connectivity index (χ2v) is 7.34. The van der Waals surface area contributed by atoms with Gasteiger partial charge >= 0.3 is 0 Å². The molecule has 1 N–H and O–H groups in total. The predicted octanol–water partition coefficient (Wildman–Crippen LogP) is 3.69. The number of nitrogens with one attached hydrogen (secondary N) is 1. The molecule has 2 rings (SSSR count). The highest BCUT2D eigenvalue weighted by Gasteiger charge is 2.31. The van der Waals surface area contributed by atoms with Crippen molar-refractivity contribution in [2.24, 2.45) is 5.92 Å². The van der Waals surface area contributed by atoms with Crippen LogP contribution in [0.1, 0.15) is 51.1 Å². The molecule has 0 spiro atoms. The van der Waals surface area contributed by atoms with Crippen LogP contribution in [0.2, 0.25) is 0 Å². The maximum Gasteiger partial charge on any atom is 0.0334 e.